The third-order valence-electron chi connectivity index (χ3n) is 4.35. The molecule has 0 radical (unpaired) electrons. The minimum absolute atomic E-state index is 0.151. The number of fused-ring (bicyclic) bond motifs is 1. The first-order chi connectivity index (χ1) is 13.0. The minimum Gasteiger partial charge on any atom is -0.307 e. The predicted octanol–water partition coefficient (Wildman–Crippen LogP) is 3.54. The van der Waals surface area contributed by atoms with Gasteiger partial charge in [0, 0.05) is 17.6 Å². The van der Waals surface area contributed by atoms with Crippen LogP contribution in [0.5, 0.6) is 0 Å². The summed E-state index contributed by atoms with van der Waals surface area (Å²) in [5, 5.41) is 1.76. The molecule has 6 nitrogen and oxygen atoms in total. The number of nitrogens with one attached hydrogen (secondary N) is 1. The molecule has 0 saturated heterocycles. The van der Waals surface area contributed by atoms with Gasteiger partial charge in [-0.3, -0.25) is 9.52 Å². The number of anilines is 2. The van der Waals surface area contributed by atoms with E-state index in [0.717, 1.165) is 35.4 Å². The van der Waals surface area contributed by atoms with Crippen molar-refractivity contribution in [3.63, 3.8) is 0 Å². The Balaban J connectivity index is 1.56. The average Bonchev–Trinajstić information content (AvgIpc) is 3.15. The van der Waals surface area contributed by atoms with Crippen LogP contribution in [-0.2, 0) is 16.4 Å². The fourth-order valence-corrected chi connectivity index (χ4v) is 5.03. The standard InChI is InChI=1S/C19H17N3O3S2/c23-18(22-12-6-8-14-7-4-5-11-17(14)22)16-13-26-19(20-16)21-27(24,25)15-9-2-1-3-10-15/h1-5,7,9-11,13H,6,8,12H2,(H,20,21). The number of rotatable bonds is 4. The molecule has 3 aromatic rings. The maximum absolute atomic E-state index is 12.9. The average molecular weight is 399 g/mol. The second-order valence-electron chi connectivity index (χ2n) is 6.15. The van der Waals surface area contributed by atoms with Crippen LogP contribution < -0.4 is 9.62 Å². The highest BCUT2D eigenvalue weighted by molar-refractivity contribution is 7.93. The molecule has 0 saturated carbocycles. The van der Waals surface area contributed by atoms with Gasteiger partial charge in [0.1, 0.15) is 5.69 Å². The molecule has 1 aliphatic rings. The summed E-state index contributed by atoms with van der Waals surface area (Å²) in [6.07, 6.45) is 1.83. The molecule has 4 rings (SSSR count). The molecular formula is C19H17N3O3S2. The van der Waals surface area contributed by atoms with Crippen LogP contribution in [0.1, 0.15) is 22.5 Å². The molecule has 1 N–H and O–H groups in total. The van der Waals surface area contributed by atoms with E-state index in [1.165, 1.54) is 12.1 Å². The van der Waals surface area contributed by atoms with Crippen molar-refractivity contribution in [3.8, 4) is 0 Å². The molecule has 1 amide bonds. The molecule has 2 heterocycles. The van der Waals surface area contributed by atoms with Gasteiger partial charge in [0.15, 0.2) is 5.13 Å². The Morgan fingerprint density at radius 2 is 1.81 bits per heavy atom. The second-order valence-corrected chi connectivity index (χ2v) is 8.69. The second kappa shape index (κ2) is 7.13. The highest BCUT2D eigenvalue weighted by Gasteiger charge is 2.25. The molecule has 0 bridgehead atoms. The van der Waals surface area contributed by atoms with E-state index in [4.69, 9.17) is 0 Å². The lowest BCUT2D eigenvalue weighted by Gasteiger charge is -2.28. The number of thiazole rings is 1. The van der Waals surface area contributed by atoms with Gasteiger partial charge in [0.25, 0.3) is 15.9 Å². The number of nitrogens with zero attached hydrogens (tertiary/aromatic N) is 2. The SMILES string of the molecule is O=C(c1csc(NS(=O)(=O)c2ccccc2)n1)N1CCCc2ccccc21. The van der Waals surface area contributed by atoms with Gasteiger partial charge in [-0.2, -0.15) is 0 Å². The molecule has 0 fully saturated rings. The van der Waals surface area contributed by atoms with Gasteiger partial charge in [-0.1, -0.05) is 36.4 Å². The smallest absolute Gasteiger partial charge is 0.277 e. The first kappa shape index (κ1) is 17.7. The van der Waals surface area contributed by atoms with Crippen LogP contribution in [0.4, 0.5) is 10.8 Å². The van der Waals surface area contributed by atoms with Gasteiger partial charge in [-0.05, 0) is 36.6 Å². The molecule has 0 atom stereocenters. The minimum atomic E-state index is -3.73. The first-order valence-electron chi connectivity index (χ1n) is 8.48. The van der Waals surface area contributed by atoms with E-state index >= 15 is 0 Å². The van der Waals surface area contributed by atoms with Crippen molar-refractivity contribution >= 4 is 38.1 Å². The molecule has 0 aliphatic carbocycles. The Labute approximate surface area is 161 Å². The highest BCUT2D eigenvalue weighted by Crippen LogP contribution is 2.29. The summed E-state index contributed by atoms with van der Waals surface area (Å²) < 4.78 is 27.3. The maximum atomic E-state index is 12.9. The van der Waals surface area contributed by atoms with Crippen LogP contribution in [0.3, 0.4) is 0 Å². The Morgan fingerprint density at radius 1 is 1.07 bits per heavy atom. The van der Waals surface area contributed by atoms with Crippen molar-refractivity contribution < 1.29 is 13.2 Å². The molecule has 138 valence electrons. The van der Waals surface area contributed by atoms with Crippen molar-refractivity contribution in [2.45, 2.75) is 17.7 Å². The summed E-state index contributed by atoms with van der Waals surface area (Å²) in [4.78, 5) is 19.0. The normalized spacial score (nSPS) is 13.9. The lowest BCUT2D eigenvalue weighted by Crippen LogP contribution is -2.35. The number of aromatic nitrogens is 1. The van der Waals surface area contributed by atoms with Crippen LogP contribution in [0.2, 0.25) is 0 Å². The van der Waals surface area contributed by atoms with Gasteiger partial charge in [-0.15, -0.1) is 11.3 Å². The Kier molecular flexibility index (Phi) is 4.67. The fourth-order valence-electron chi connectivity index (χ4n) is 3.08. The van der Waals surface area contributed by atoms with Crippen molar-refractivity contribution in [2.24, 2.45) is 0 Å². The summed E-state index contributed by atoms with van der Waals surface area (Å²) in [6.45, 7) is 0.623. The van der Waals surface area contributed by atoms with Gasteiger partial charge < -0.3 is 4.90 Å². The van der Waals surface area contributed by atoms with E-state index < -0.39 is 10.0 Å². The molecule has 0 unspecified atom stereocenters. The molecule has 27 heavy (non-hydrogen) atoms. The van der Waals surface area contributed by atoms with E-state index in [1.54, 1.807) is 28.5 Å². The number of carbonyl (C=O) groups is 1. The topological polar surface area (TPSA) is 79.4 Å². The van der Waals surface area contributed by atoms with Crippen molar-refractivity contribution in [1.29, 1.82) is 0 Å². The summed E-state index contributed by atoms with van der Waals surface area (Å²) >= 11 is 1.10. The summed E-state index contributed by atoms with van der Waals surface area (Å²) in [5.41, 5.74) is 2.27. The zero-order chi connectivity index (χ0) is 18.9. The summed E-state index contributed by atoms with van der Waals surface area (Å²) in [5.74, 6) is -0.219. The molecule has 1 aromatic heterocycles. The van der Waals surface area contributed by atoms with E-state index in [-0.39, 0.29) is 21.6 Å². The number of amides is 1. The largest absolute Gasteiger partial charge is 0.307 e. The number of hydrogen-bond acceptors (Lipinski definition) is 5. The van der Waals surface area contributed by atoms with Crippen molar-refractivity contribution in [1.82, 2.24) is 4.98 Å². The van der Waals surface area contributed by atoms with Crippen LogP contribution in [0.25, 0.3) is 0 Å². The number of aryl methyl sites for hydroxylation is 1. The third-order valence-corrected chi connectivity index (χ3v) is 6.60. The molecular weight excluding hydrogens is 382 g/mol. The summed E-state index contributed by atoms with van der Waals surface area (Å²) in [6, 6.07) is 15.9. The molecule has 2 aromatic carbocycles. The zero-order valence-electron chi connectivity index (χ0n) is 14.3. The number of sulfonamides is 1. The Morgan fingerprint density at radius 3 is 2.63 bits per heavy atom. The third kappa shape index (κ3) is 3.58. The van der Waals surface area contributed by atoms with Crippen LogP contribution in [0.15, 0.2) is 64.9 Å². The van der Waals surface area contributed by atoms with Crippen molar-refractivity contribution in [2.75, 3.05) is 16.2 Å². The lowest BCUT2D eigenvalue weighted by atomic mass is 10.0. The van der Waals surface area contributed by atoms with Crippen LogP contribution in [-0.4, -0.2) is 25.9 Å². The highest BCUT2D eigenvalue weighted by atomic mass is 32.2. The van der Waals surface area contributed by atoms with Gasteiger partial charge >= 0.3 is 0 Å². The van der Waals surface area contributed by atoms with Gasteiger partial charge in [0.05, 0.1) is 4.90 Å². The van der Waals surface area contributed by atoms with E-state index in [2.05, 4.69) is 9.71 Å². The Hall–Kier alpha value is -2.71. The summed E-state index contributed by atoms with van der Waals surface area (Å²) in [7, 11) is -3.73. The number of hydrogen-bond donors (Lipinski definition) is 1. The van der Waals surface area contributed by atoms with Crippen LogP contribution in [0, 0.1) is 0 Å². The molecule has 0 spiro atoms. The predicted molar refractivity (Wildman–Crippen MR) is 106 cm³/mol. The number of benzene rings is 2. The first-order valence-corrected chi connectivity index (χ1v) is 10.8. The van der Waals surface area contributed by atoms with Gasteiger partial charge in [-0.25, -0.2) is 13.4 Å². The maximum Gasteiger partial charge on any atom is 0.277 e. The quantitative estimate of drug-likeness (QED) is 0.728. The van der Waals surface area contributed by atoms with Crippen molar-refractivity contribution in [3.05, 3.63) is 71.2 Å². The monoisotopic (exact) mass is 399 g/mol. The van der Waals surface area contributed by atoms with E-state index in [1.807, 2.05) is 24.3 Å². The van der Waals surface area contributed by atoms with E-state index in [9.17, 15) is 13.2 Å². The fraction of sp³-hybridized carbons (Fsp3) is 0.158. The Bertz CT molecular complexity index is 1080. The van der Waals surface area contributed by atoms with E-state index in [0.29, 0.717) is 6.54 Å². The molecule has 1 aliphatic heterocycles. The molecule has 8 heteroatoms. The van der Waals surface area contributed by atoms with Gasteiger partial charge in [0.2, 0.25) is 0 Å². The number of carbonyl (C=O) groups excluding carboxylic acids is 1. The zero-order valence-corrected chi connectivity index (χ0v) is 16.0. The number of para-hydroxylation sites is 1. The lowest BCUT2D eigenvalue weighted by molar-refractivity contribution is 0.0981. The van der Waals surface area contributed by atoms with Crippen LogP contribution >= 0.6 is 11.3 Å².